The van der Waals surface area contributed by atoms with Crippen LogP contribution < -0.4 is 11.1 Å². The first-order valence-electron chi connectivity index (χ1n) is 8.49. The fraction of sp³-hybridized carbons (Fsp3) is 0.400. The van der Waals surface area contributed by atoms with E-state index >= 15 is 0 Å². The number of methoxy groups -OCH3 is 1. The summed E-state index contributed by atoms with van der Waals surface area (Å²) in [6.45, 7) is 3.84. The summed E-state index contributed by atoms with van der Waals surface area (Å²) < 4.78 is 30.0. The number of piperidine rings is 1. The number of benzene rings is 2. The van der Waals surface area contributed by atoms with Gasteiger partial charge in [-0.3, -0.25) is 0 Å². The highest BCUT2D eigenvalue weighted by molar-refractivity contribution is 5.24. The molecule has 3 N–H and O–H groups in total. The van der Waals surface area contributed by atoms with Crippen molar-refractivity contribution in [2.75, 3.05) is 20.2 Å². The standard InChI is InChI=1S/C11H16N2.C9H10F2O/c12-11(6-8-13-9-7-11)10-4-2-1-3-5-10;1-6(12-2)7-3-4-8(10)9(11)5-7/h1-5,13H,6-9,12H2;3-6H,1-2H3. The van der Waals surface area contributed by atoms with Gasteiger partial charge in [-0.25, -0.2) is 8.78 Å². The minimum Gasteiger partial charge on any atom is -0.377 e. The predicted octanol–water partition coefficient (Wildman–Crippen LogP) is 3.90. The van der Waals surface area contributed by atoms with E-state index in [4.69, 9.17) is 10.5 Å². The van der Waals surface area contributed by atoms with Crippen LogP contribution in [0.3, 0.4) is 0 Å². The maximum absolute atomic E-state index is 12.6. The van der Waals surface area contributed by atoms with E-state index in [0.29, 0.717) is 5.56 Å². The SMILES string of the molecule is COC(C)c1ccc(F)c(F)c1.NC1(c2ccccc2)CCNCC1. The monoisotopic (exact) mass is 348 g/mol. The van der Waals surface area contributed by atoms with Crippen LogP contribution >= 0.6 is 0 Å². The van der Waals surface area contributed by atoms with E-state index in [9.17, 15) is 8.78 Å². The summed E-state index contributed by atoms with van der Waals surface area (Å²) in [5, 5.41) is 3.33. The summed E-state index contributed by atoms with van der Waals surface area (Å²) in [6.07, 6.45) is 1.87. The number of hydrogen-bond acceptors (Lipinski definition) is 3. The van der Waals surface area contributed by atoms with E-state index in [1.165, 1.54) is 18.7 Å². The van der Waals surface area contributed by atoms with Crippen molar-refractivity contribution in [1.82, 2.24) is 5.32 Å². The van der Waals surface area contributed by atoms with Gasteiger partial charge in [0.1, 0.15) is 0 Å². The summed E-state index contributed by atoms with van der Waals surface area (Å²) in [4.78, 5) is 0. The molecule has 2 aromatic rings. The molecule has 1 atom stereocenters. The van der Waals surface area contributed by atoms with Crippen molar-refractivity contribution in [1.29, 1.82) is 0 Å². The van der Waals surface area contributed by atoms with E-state index in [1.54, 1.807) is 6.92 Å². The second kappa shape index (κ2) is 9.04. The lowest BCUT2D eigenvalue weighted by atomic mass is 9.83. The van der Waals surface area contributed by atoms with Crippen LogP contribution in [0.5, 0.6) is 0 Å². The molecule has 1 aliphatic rings. The molecule has 1 heterocycles. The van der Waals surface area contributed by atoms with Gasteiger partial charge in [0.2, 0.25) is 0 Å². The van der Waals surface area contributed by atoms with Gasteiger partial charge in [0.05, 0.1) is 6.10 Å². The highest BCUT2D eigenvalue weighted by atomic mass is 19.2. The Labute approximate surface area is 148 Å². The smallest absolute Gasteiger partial charge is 0.159 e. The molecule has 25 heavy (non-hydrogen) atoms. The molecular weight excluding hydrogens is 322 g/mol. The van der Waals surface area contributed by atoms with Crippen LogP contribution in [-0.4, -0.2) is 20.2 Å². The summed E-state index contributed by atoms with van der Waals surface area (Å²) in [5.41, 5.74) is 8.16. The third-order valence-electron chi connectivity index (χ3n) is 4.61. The topological polar surface area (TPSA) is 47.3 Å². The van der Waals surface area contributed by atoms with E-state index < -0.39 is 11.6 Å². The first kappa shape index (κ1) is 19.5. The van der Waals surface area contributed by atoms with Crippen molar-refractivity contribution < 1.29 is 13.5 Å². The van der Waals surface area contributed by atoms with Gasteiger partial charge in [0.15, 0.2) is 11.6 Å². The number of nitrogens with one attached hydrogen (secondary N) is 1. The first-order chi connectivity index (χ1) is 12.0. The van der Waals surface area contributed by atoms with Gasteiger partial charge in [-0.1, -0.05) is 36.4 Å². The Morgan fingerprint density at radius 3 is 2.24 bits per heavy atom. The van der Waals surface area contributed by atoms with Crippen molar-refractivity contribution in [3.05, 3.63) is 71.3 Å². The van der Waals surface area contributed by atoms with Crippen LogP contribution in [0.1, 0.15) is 37.0 Å². The number of hydrogen-bond donors (Lipinski definition) is 2. The van der Waals surface area contributed by atoms with Crippen molar-refractivity contribution in [2.45, 2.75) is 31.4 Å². The number of ether oxygens (including phenoxy) is 1. The van der Waals surface area contributed by atoms with Crippen molar-refractivity contribution in [3.8, 4) is 0 Å². The predicted molar refractivity (Wildman–Crippen MR) is 96.2 cm³/mol. The second-order valence-electron chi connectivity index (χ2n) is 6.32. The molecule has 1 saturated heterocycles. The van der Waals surface area contributed by atoms with Crippen molar-refractivity contribution in [2.24, 2.45) is 5.73 Å². The normalized spacial score (nSPS) is 17.3. The molecule has 0 radical (unpaired) electrons. The van der Waals surface area contributed by atoms with E-state index in [0.717, 1.165) is 38.1 Å². The maximum Gasteiger partial charge on any atom is 0.159 e. The third kappa shape index (κ3) is 5.33. The Kier molecular flexibility index (Phi) is 7.05. The highest BCUT2D eigenvalue weighted by Gasteiger charge is 2.28. The largest absolute Gasteiger partial charge is 0.377 e. The fourth-order valence-corrected chi connectivity index (χ4v) is 2.83. The lowest BCUT2D eigenvalue weighted by molar-refractivity contribution is 0.119. The first-order valence-corrected chi connectivity index (χ1v) is 8.49. The molecule has 3 rings (SSSR count). The molecule has 0 bridgehead atoms. The van der Waals surface area contributed by atoms with Gasteiger partial charge in [0, 0.05) is 12.6 Å². The second-order valence-corrected chi connectivity index (χ2v) is 6.32. The van der Waals surface area contributed by atoms with Gasteiger partial charge >= 0.3 is 0 Å². The lowest BCUT2D eigenvalue weighted by Crippen LogP contribution is -2.46. The summed E-state index contributed by atoms with van der Waals surface area (Å²) >= 11 is 0. The molecular formula is C20H26F2N2O. The van der Waals surface area contributed by atoms with Crippen LogP contribution in [0, 0.1) is 11.6 Å². The Hall–Kier alpha value is -1.82. The fourth-order valence-electron chi connectivity index (χ4n) is 2.83. The number of rotatable bonds is 3. The molecule has 1 aliphatic heterocycles. The molecule has 0 spiro atoms. The zero-order chi connectivity index (χ0) is 18.3. The van der Waals surface area contributed by atoms with Crippen LogP contribution in [0.15, 0.2) is 48.5 Å². The number of nitrogens with two attached hydrogens (primary N) is 1. The zero-order valence-corrected chi connectivity index (χ0v) is 14.8. The van der Waals surface area contributed by atoms with Crippen molar-refractivity contribution >= 4 is 0 Å². The van der Waals surface area contributed by atoms with Crippen molar-refractivity contribution in [3.63, 3.8) is 0 Å². The lowest BCUT2D eigenvalue weighted by Gasteiger charge is -2.34. The molecule has 0 amide bonds. The van der Waals surface area contributed by atoms with Gasteiger partial charge in [-0.05, 0) is 56.1 Å². The molecule has 0 saturated carbocycles. The zero-order valence-electron chi connectivity index (χ0n) is 14.8. The number of halogens is 2. The summed E-state index contributed by atoms with van der Waals surface area (Å²) in [7, 11) is 1.52. The quantitative estimate of drug-likeness (QED) is 0.884. The van der Waals surface area contributed by atoms with Crippen LogP contribution in [0.2, 0.25) is 0 Å². The minimum absolute atomic E-state index is 0.0908. The van der Waals surface area contributed by atoms with Crippen LogP contribution in [-0.2, 0) is 10.3 Å². The molecule has 3 nitrogen and oxygen atoms in total. The van der Waals surface area contributed by atoms with E-state index in [-0.39, 0.29) is 11.6 Å². The highest BCUT2D eigenvalue weighted by Crippen LogP contribution is 2.27. The Bertz CT molecular complexity index is 658. The molecule has 2 aromatic carbocycles. The molecule has 1 unspecified atom stereocenters. The van der Waals surface area contributed by atoms with Gasteiger partial charge in [-0.2, -0.15) is 0 Å². The van der Waals surface area contributed by atoms with E-state index in [1.807, 2.05) is 6.07 Å². The molecule has 0 aromatic heterocycles. The minimum atomic E-state index is -0.837. The van der Waals surface area contributed by atoms with E-state index in [2.05, 4.69) is 29.6 Å². The maximum atomic E-state index is 12.6. The molecule has 5 heteroatoms. The molecule has 0 aliphatic carbocycles. The average molecular weight is 348 g/mol. The summed E-state index contributed by atoms with van der Waals surface area (Å²) in [5.74, 6) is -1.67. The third-order valence-corrected chi connectivity index (χ3v) is 4.61. The Balaban J connectivity index is 0.000000181. The molecule has 136 valence electrons. The van der Waals surface area contributed by atoms with Gasteiger partial charge in [0.25, 0.3) is 0 Å². The Morgan fingerprint density at radius 1 is 1.04 bits per heavy atom. The Morgan fingerprint density at radius 2 is 1.68 bits per heavy atom. The average Bonchev–Trinajstić information content (AvgIpc) is 2.65. The summed E-state index contributed by atoms with van der Waals surface area (Å²) in [6, 6.07) is 14.2. The van der Waals surface area contributed by atoms with Crippen LogP contribution in [0.25, 0.3) is 0 Å². The molecule has 1 fully saturated rings. The van der Waals surface area contributed by atoms with Gasteiger partial charge in [-0.15, -0.1) is 0 Å². The van der Waals surface area contributed by atoms with Crippen LogP contribution in [0.4, 0.5) is 8.78 Å². The van der Waals surface area contributed by atoms with Gasteiger partial charge < -0.3 is 15.8 Å².